The molecule has 0 aliphatic carbocycles. The lowest BCUT2D eigenvalue weighted by molar-refractivity contribution is -0.105. The number of ether oxygens (including phenoxy) is 1. The van der Waals surface area contributed by atoms with E-state index in [-0.39, 0.29) is 0 Å². The van der Waals surface area contributed by atoms with Crippen molar-refractivity contribution in [3.05, 3.63) is 11.6 Å². The molecule has 1 unspecified atom stereocenters. The highest BCUT2D eigenvalue weighted by atomic mass is 35.5. The molecule has 5 heteroatoms. The first kappa shape index (κ1) is 11.0. The molecule has 1 aliphatic heterocycles. The molecule has 0 bridgehead atoms. The number of aldehydes is 1. The minimum absolute atomic E-state index is 0.311. The molecule has 14 heavy (non-hydrogen) atoms. The molecule has 0 radical (unpaired) electrons. The average Bonchev–Trinajstić information content (AvgIpc) is 2.17. The Balaban J connectivity index is 2.50. The van der Waals surface area contributed by atoms with Crippen LogP contribution in [0.1, 0.15) is 13.3 Å². The van der Waals surface area contributed by atoms with E-state index in [1.54, 1.807) is 6.92 Å². The highest BCUT2D eigenvalue weighted by molar-refractivity contribution is 6.19. The van der Waals surface area contributed by atoms with E-state index in [0.29, 0.717) is 25.1 Å². The summed E-state index contributed by atoms with van der Waals surface area (Å²) in [5, 5.41) is 0. The molecule has 1 atom stereocenters. The largest absolute Gasteiger partial charge is 0.430 e. The van der Waals surface area contributed by atoms with E-state index < -0.39 is 11.7 Å². The van der Waals surface area contributed by atoms with Crippen molar-refractivity contribution < 1.29 is 14.3 Å². The second-order valence-corrected chi connectivity index (χ2v) is 3.65. The number of halogens is 1. The van der Waals surface area contributed by atoms with Crippen LogP contribution in [-0.4, -0.2) is 35.9 Å². The molecule has 0 spiro atoms. The van der Waals surface area contributed by atoms with E-state index >= 15 is 0 Å². The zero-order chi connectivity index (χ0) is 10.6. The zero-order valence-electron chi connectivity index (χ0n) is 7.90. The SMILES string of the molecule is CC(Cl)OC(=O)N1CCC=C(C=O)C1. The van der Waals surface area contributed by atoms with Crippen molar-refractivity contribution in [3.63, 3.8) is 0 Å². The predicted molar refractivity (Wildman–Crippen MR) is 52.1 cm³/mol. The van der Waals surface area contributed by atoms with E-state index in [1.165, 1.54) is 4.90 Å². The minimum atomic E-state index is -0.645. The Morgan fingerprint density at radius 3 is 3.07 bits per heavy atom. The first-order valence-corrected chi connectivity index (χ1v) is 4.81. The van der Waals surface area contributed by atoms with E-state index in [1.807, 2.05) is 6.08 Å². The Kier molecular flexibility index (Phi) is 3.95. The normalized spacial score (nSPS) is 18.4. The first-order valence-electron chi connectivity index (χ1n) is 4.37. The van der Waals surface area contributed by atoms with Crippen LogP contribution in [0, 0.1) is 0 Å². The molecule has 0 saturated heterocycles. The van der Waals surface area contributed by atoms with Gasteiger partial charge in [-0.15, -0.1) is 0 Å². The Morgan fingerprint density at radius 1 is 1.79 bits per heavy atom. The number of nitrogens with zero attached hydrogens (tertiary/aromatic N) is 1. The summed E-state index contributed by atoms with van der Waals surface area (Å²) >= 11 is 5.51. The van der Waals surface area contributed by atoms with Crippen LogP contribution in [-0.2, 0) is 9.53 Å². The van der Waals surface area contributed by atoms with Crippen molar-refractivity contribution in [2.45, 2.75) is 18.9 Å². The number of alkyl halides is 1. The third-order valence-electron chi connectivity index (χ3n) is 1.85. The van der Waals surface area contributed by atoms with Gasteiger partial charge in [-0.05, 0) is 13.3 Å². The van der Waals surface area contributed by atoms with Gasteiger partial charge in [0.15, 0.2) is 5.56 Å². The lowest BCUT2D eigenvalue weighted by atomic mass is 10.1. The second kappa shape index (κ2) is 5.00. The predicted octanol–water partition coefficient (Wildman–Crippen LogP) is 1.54. The van der Waals surface area contributed by atoms with E-state index in [9.17, 15) is 9.59 Å². The van der Waals surface area contributed by atoms with E-state index in [4.69, 9.17) is 16.3 Å². The third kappa shape index (κ3) is 3.03. The highest BCUT2D eigenvalue weighted by Gasteiger charge is 2.20. The first-order chi connectivity index (χ1) is 6.63. The Morgan fingerprint density at radius 2 is 2.50 bits per heavy atom. The topological polar surface area (TPSA) is 46.6 Å². The second-order valence-electron chi connectivity index (χ2n) is 3.03. The number of carbonyl (C=O) groups excluding carboxylic acids is 2. The van der Waals surface area contributed by atoms with Gasteiger partial charge in [0, 0.05) is 12.1 Å². The van der Waals surface area contributed by atoms with E-state index in [2.05, 4.69) is 0 Å². The molecule has 4 nitrogen and oxygen atoms in total. The zero-order valence-corrected chi connectivity index (χ0v) is 8.66. The van der Waals surface area contributed by atoms with Gasteiger partial charge in [0.05, 0.1) is 6.54 Å². The summed E-state index contributed by atoms with van der Waals surface area (Å²) in [6.45, 7) is 2.45. The lowest BCUT2D eigenvalue weighted by Gasteiger charge is -2.25. The van der Waals surface area contributed by atoms with Crippen LogP contribution in [0.4, 0.5) is 4.79 Å². The molecule has 0 aromatic carbocycles. The van der Waals surface area contributed by atoms with Gasteiger partial charge in [0.1, 0.15) is 6.29 Å². The molecule has 0 N–H and O–H groups in total. The number of hydrogen-bond acceptors (Lipinski definition) is 3. The van der Waals surface area contributed by atoms with Crippen LogP contribution in [0.25, 0.3) is 0 Å². The van der Waals surface area contributed by atoms with Crippen LogP contribution in [0.2, 0.25) is 0 Å². The molecule has 0 fully saturated rings. The summed E-state index contributed by atoms with van der Waals surface area (Å²) in [5.74, 6) is 0. The van der Waals surface area contributed by atoms with Crippen molar-refractivity contribution in [3.8, 4) is 0 Å². The Hall–Kier alpha value is -1.03. The number of hydrogen-bond donors (Lipinski definition) is 0. The third-order valence-corrected chi connectivity index (χ3v) is 1.94. The molecular weight excluding hydrogens is 206 g/mol. The van der Waals surface area contributed by atoms with Crippen molar-refractivity contribution in [2.75, 3.05) is 13.1 Å². The average molecular weight is 218 g/mol. The maximum Gasteiger partial charge on any atom is 0.411 e. The maximum atomic E-state index is 11.3. The molecule has 1 rings (SSSR count). The van der Waals surface area contributed by atoms with Crippen LogP contribution in [0.15, 0.2) is 11.6 Å². The highest BCUT2D eigenvalue weighted by Crippen LogP contribution is 2.10. The van der Waals surface area contributed by atoms with E-state index in [0.717, 1.165) is 6.29 Å². The quantitative estimate of drug-likeness (QED) is 0.521. The number of carbonyl (C=O) groups is 2. The van der Waals surface area contributed by atoms with Gasteiger partial charge in [-0.25, -0.2) is 4.79 Å². The molecule has 78 valence electrons. The fourth-order valence-corrected chi connectivity index (χ4v) is 1.30. The summed E-state index contributed by atoms with van der Waals surface area (Å²) in [5.41, 5.74) is -0.0384. The van der Waals surface area contributed by atoms with Crippen LogP contribution >= 0.6 is 11.6 Å². The van der Waals surface area contributed by atoms with Crippen molar-refractivity contribution >= 4 is 24.0 Å². The Labute approximate surface area is 87.5 Å². The summed E-state index contributed by atoms with van der Waals surface area (Å²) in [6, 6.07) is 0. The van der Waals surface area contributed by atoms with Gasteiger partial charge in [-0.3, -0.25) is 4.79 Å². The van der Waals surface area contributed by atoms with Crippen LogP contribution < -0.4 is 0 Å². The van der Waals surface area contributed by atoms with Gasteiger partial charge in [0.25, 0.3) is 0 Å². The monoisotopic (exact) mass is 217 g/mol. The van der Waals surface area contributed by atoms with Crippen molar-refractivity contribution in [1.29, 1.82) is 0 Å². The molecule has 1 heterocycles. The number of rotatable bonds is 2. The summed E-state index contributed by atoms with van der Waals surface area (Å²) < 4.78 is 4.79. The van der Waals surface area contributed by atoms with Gasteiger partial charge >= 0.3 is 6.09 Å². The fourth-order valence-electron chi connectivity index (χ4n) is 1.22. The van der Waals surface area contributed by atoms with Crippen LogP contribution in [0.5, 0.6) is 0 Å². The molecule has 0 saturated carbocycles. The van der Waals surface area contributed by atoms with Gasteiger partial charge in [0.2, 0.25) is 0 Å². The summed E-state index contributed by atoms with van der Waals surface area (Å²) in [6.07, 6.45) is 2.78. The Bertz CT molecular complexity index is 263. The number of amides is 1. The maximum absolute atomic E-state index is 11.3. The van der Waals surface area contributed by atoms with Crippen LogP contribution in [0.3, 0.4) is 0 Å². The van der Waals surface area contributed by atoms with Crippen molar-refractivity contribution in [1.82, 2.24) is 4.90 Å². The standard InChI is InChI=1S/C9H12ClNO3/c1-7(10)14-9(13)11-4-2-3-8(5-11)6-12/h3,6-7H,2,4-5H2,1H3. The molecular formula is C9H12ClNO3. The molecule has 1 aliphatic rings. The van der Waals surface area contributed by atoms with Gasteiger partial charge in [-0.2, -0.15) is 0 Å². The summed E-state index contributed by atoms with van der Waals surface area (Å²) in [7, 11) is 0. The minimum Gasteiger partial charge on any atom is -0.430 e. The van der Waals surface area contributed by atoms with Gasteiger partial charge < -0.3 is 9.64 Å². The van der Waals surface area contributed by atoms with Crippen molar-refractivity contribution in [2.24, 2.45) is 0 Å². The molecule has 1 amide bonds. The molecule has 0 aromatic heterocycles. The molecule has 0 aromatic rings. The summed E-state index contributed by atoms with van der Waals surface area (Å²) in [4.78, 5) is 23.3. The smallest absolute Gasteiger partial charge is 0.411 e. The van der Waals surface area contributed by atoms with Gasteiger partial charge in [-0.1, -0.05) is 17.7 Å². The fraction of sp³-hybridized carbons (Fsp3) is 0.556. The lowest BCUT2D eigenvalue weighted by Crippen LogP contribution is -2.37.